The predicted molar refractivity (Wildman–Crippen MR) is 126 cm³/mol. The number of nitrogens with zero attached hydrogens (tertiary/aromatic N) is 3. The maximum Gasteiger partial charge on any atom is 0.408 e. The van der Waals surface area contributed by atoms with Crippen molar-refractivity contribution in [3.63, 3.8) is 0 Å². The maximum absolute atomic E-state index is 12.9. The van der Waals surface area contributed by atoms with E-state index in [2.05, 4.69) is 20.6 Å². The van der Waals surface area contributed by atoms with E-state index < -0.39 is 12.7 Å². The summed E-state index contributed by atoms with van der Waals surface area (Å²) >= 11 is 1.62. The van der Waals surface area contributed by atoms with Crippen LogP contribution in [-0.4, -0.2) is 68.6 Å². The SMILES string of the molecule is COc1ccccc1C(=O)NCC1(c2cccs2)CCN(C(=NCC(F)(F)F)NC2C=N2)CC1. The number of para-hydroxylation sites is 1. The fraction of sp³-hybridized carbons (Fsp3) is 0.435. The Morgan fingerprint density at radius 3 is 2.62 bits per heavy atom. The number of carbonyl (C=O) groups is 1. The van der Waals surface area contributed by atoms with E-state index in [1.807, 2.05) is 22.4 Å². The van der Waals surface area contributed by atoms with Gasteiger partial charge in [-0.25, -0.2) is 4.99 Å². The Balaban J connectivity index is 1.47. The molecule has 2 N–H and O–H groups in total. The highest BCUT2D eigenvalue weighted by atomic mass is 32.1. The summed E-state index contributed by atoms with van der Waals surface area (Å²) in [5, 5.41) is 8.00. The van der Waals surface area contributed by atoms with Crippen LogP contribution in [0.15, 0.2) is 51.8 Å². The molecule has 4 rings (SSSR count). The fourth-order valence-electron chi connectivity index (χ4n) is 4.07. The molecule has 2 aliphatic rings. The third-order valence-electron chi connectivity index (χ3n) is 5.99. The minimum atomic E-state index is -4.38. The lowest BCUT2D eigenvalue weighted by molar-refractivity contribution is -0.118. The molecule has 1 aromatic heterocycles. The van der Waals surface area contributed by atoms with Gasteiger partial charge in [-0.15, -0.1) is 11.3 Å². The molecule has 1 fully saturated rings. The highest BCUT2D eigenvalue weighted by molar-refractivity contribution is 7.10. The zero-order valence-corrected chi connectivity index (χ0v) is 19.5. The quantitative estimate of drug-likeness (QED) is 0.458. The van der Waals surface area contributed by atoms with Crippen LogP contribution in [0.2, 0.25) is 0 Å². The van der Waals surface area contributed by atoms with Gasteiger partial charge in [0.1, 0.15) is 12.3 Å². The topological polar surface area (TPSA) is 78.3 Å². The van der Waals surface area contributed by atoms with Gasteiger partial charge in [0.2, 0.25) is 0 Å². The molecule has 0 bridgehead atoms. The normalized spacial score (nSPS) is 19.6. The summed E-state index contributed by atoms with van der Waals surface area (Å²) in [6.45, 7) is 0.160. The molecule has 182 valence electrons. The standard InChI is InChI=1S/C23H26F3N5O2S/c1-33-17-6-3-2-5-16(17)20(32)28-14-22(18-7-4-12-34-18)8-10-31(11-9-22)21(30-19-13-27-19)29-15-23(24,25)26/h2-7,12-13,19H,8-11,14-15H2,1H3,(H,28,32)(H,29,30). The van der Waals surface area contributed by atoms with Crippen molar-refractivity contribution in [1.82, 2.24) is 15.5 Å². The Labute approximate surface area is 199 Å². The van der Waals surface area contributed by atoms with Gasteiger partial charge in [-0.2, -0.15) is 13.2 Å². The number of methoxy groups -OCH3 is 1. The van der Waals surface area contributed by atoms with Crippen molar-refractivity contribution in [2.24, 2.45) is 9.98 Å². The van der Waals surface area contributed by atoms with Crippen LogP contribution in [0.4, 0.5) is 13.2 Å². The lowest BCUT2D eigenvalue weighted by Crippen LogP contribution is -2.53. The average Bonchev–Trinajstić information content (AvgIpc) is 3.48. The molecule has 2 aromatic rings. The first-order valence-corrected chi connectivity index (χ1v) is 11.8. The fourth-order valence-corrected chi connectivity index (χ4v) is 5.05. The van der Waals surface area contributed by atoms with Crippen LogP contribution in [-0.2, 0) is 5.41 Å². The van der Waals surface area contributed by atoms with E-state index in [4.69, 9.17) is 4.74 Å². The van der Waals surface area contributed by atoms with Crippen molar-refractivity contribution in [2.75, 3.05) is 33.3 Å². The Hall–Kier alpha value is -3.08. The summed E-state index contributed by atoms with van der Waals surface area (Å²) in [6, 6.07) is 11.0. The van der Waals surface area contributed by atoms with Gasteiger partial charge >= 0.3 is 6.18 Å². The number of carbonyl (C=O) groups excluding carboxylic acids is 1. The van der Waals surface area contributed by atoms with Gasteiger partial charge in [-0.1, -0.05) is 18.2 Å². The zero-order chi connectivity index (χ0) is 24.2. The number of hydrogen-bond donors (Lipinski definition) is 2. The Morgan fingerprint density at radius 2 is 2.00 bits per heavy atom. The van der Waals surface area contributed by atoms with Crippen LogP contribution in [0.3, 0.4) is 0 Å². The summed E-state index contributed by atoms with van der Waals surface area (Å²) in [6.07, 6.45) is -1.75. The third kappa shape index (κ3) is 5.88. The number of rotatable bonds is 7. The van der Waals surface area contributed by atoms with E-state index in [9.17, 15) is 18.0 Å². The molecule has 0 spiro atoms. The number of piperidine rings is 1. The lowest BCUT2D eigenvalue weighted by atomic mass is 9.77. The van der Waals surface area contributed by atoms with Crippen molar-refractivity contribution in [1.29, 1.82) is 0 Å². The highest BCUT2D eigenvalue weighted by Crippen LogP contribution is 2.38. The van der Waals surface area contributed by atoms with Crippen LogP contribution < -0.4 is 15.4 Å². The number of thiophene rings is 1. The van der Waals surface area contributed by atoms with Crippen LogP contribution in [0.5, 0.6) is 5.75 Å². The summed E-state index contributed by atoms with van der Waals surface area (Å²) in [5.41, 5.74) is 0.132. The molecule has 2 aliphatic heterocycles. The molecule has 1 atom stereocenters. The van der Waals surface area contributed by atoms with Gasteiger partial charge in [-0.05, 0) is 36.4 Å². The first-order valence-electron chi connectivity index (χ1n) is 10.9. The van der Waals surface area contributed by atoms with Gasteiger partial charge in [0.15, 0.2) is 12.1 Å². The molecule has 0 radical (unpaired) electrons. The zero-order valence-electron chi connectivity index (χ0n) is 18.6. The number of halogens is 3. The van der Waals surface area contributed by atoms with E-state index in [-0.39, 0.29) is 23.4 Å². The van der Waals surface area contributed by atoms with Crippen molar-refractivity contribution in [2.45, 2.75) is 30.6 Å². The van der Waals surface area contributed by atoms with E-state index in [1.54, 1.807) is 41.8 Å². The second kappa shape index (κ2) is 10.0. The van der Waals surface area contributed by atoms with Crippen LogP contribution in [0.25, 0.3) is 0 Å². The van der Waals surface area contributed by atoms with Crippen molar-refractivity contribution in [3.05, 3.63) is 52.2 Å². The number of ether oxygens (including phenoxy) is 1. The second-order valence-electron chi connectivity index (χ2n) is 8.27. The number of alkyl halides is 3. The lowest BCUT2D eigenvalue weighted by Gasteiger charge is -2.42. The largest absolute Gasteiger partial charge is 0.496 e. The van der Waals surface area contributed by atoms with Crippen LogP contribution in [0, 0.1) is 0 Å². The number of benzene rings is 1. The molecule has 7 nitrogen and oxygen atoms in total. The number of nitrogens with one attached hydrogen (secondary N) is 2. The van der Waals surface area contributed by atoms with E-state index in [1.165, 1.54) is 7.11 Å². The Kier molecular flexibility index (Phi) is 7.11. The third-order valence-corrected chi connectivity index (χ3v) is 7.10. The molecular formula is C23H26F3N5O2S. The Morgan fingerprint density at radius 1 is 1.26 bits per heavy atom. The molecular weight excluding hydrogens is 467 g/mol. The van der Waals surface area contributed by atoms with Crippen LogP contribution >= 0.6 is 11.3 Å². The van der Waals surface area contributed by atoms with Crippen molar-refractivity contribution >= 4 is 29.4 Å². The summed E-state index contributed by atoms with van der Waals surface area (Å²) in [5.74, 6) is 0.479. The molecule has 34 heavy (non-hydrogen) atoms. The molecule has 3 heterocycles. The first kappa shape index (κ1) is 24.1. The second-order valence-corrected chi connectivity index (χ2v) is 9.22. The van der Waals surface area contributed by atoms with Crippen molar-refractivity contribution < 1.29 is 22.7 Å². The first-order chi connectivity index (χ1) is 16.3. The van der Waals surface area contributed by atoms with Gasteiger partial charge in [0.05, 0.1) is 12.7 Å². The number of aliphatic imine (C=N–C) groups is 2. The highest BCUT2D eigenvalue weighted by Gasteiger charge is 2.39. The molecule has 0 aliphatic carbocycles. The van der Waals surface area contributed by atoms with Crippen LogP contribution in [0.1, 0.15) is 28.1 Å². The van der Waals surface area contributed by atoms with E-state index in [0.717, 1.165) is 4.88 Å². The van der Waals surface area contributed by atoms with Gasteiger partial charge in [0, 0.05) is 36.1 Å². The van der Waals surface area contributed by atoms with Gasteiger partial charge in [-0.3, -0.25) is 9.79 Å². The predicted octanol–water partition coefficient (Wildman–Crippen LogP) is 3.44. The summed E-state index contributed by atoms with van der Waals surface area (Å²) in [7, 11) is 1.52. The molecule has 0 saturated carbocycles. The van der Waals surface area contributed by atoms with Gasteiger partial charge < -0.3 is 20.3 Å². The number of guanidine groups is 1. The maximum atomic E-state index is 12.9. The van der Waals surface area contributed by atoms with E-state index >= 15 is 0 Å². The number of likely N-dealkylation sites (tertiary alicyclic amines) is 1. The molecule has 11 heteroatoms. The molecule has 1 unspecified atom stereocenters. The average molecular weight is 494 g/mol. The van der Waals surface area contributed by atoms with Crippen molar-refractivity contribution in [3.8, 4) is 5.75 Å². The smallest absolute Gasteiger partial charge is 0.408 e. The van der Waals surface area contributed by atoms with E-state index in [0.29, 0.717) is 43.8 Å². The summed E-state index contributed by atoms with van der Waals surface area (Å²) < 4.78 is 43.7. The summed E-state index contributed by atoms with van der Waals surface area (Å²) in [4.78, 5) is 23.6. The number of amides is 1. The molecule has 1 aromatic carbocycles. The monoisotopic (exact) mass is 493 g/mol. The Bertz CT molecular complexity index is 1040. The molecule has 1 amide bonds. The van der Waals surface area contributed by atoms with Gasteiger partial charge in [0.25, 0.3) is 5.91 Å². The number of hydrogen-bond acceptors (Lipinski definition) is 5. The minimum Gasteiger partial charge on any atom is -0.496 e. The minimum absolute atomic E-state index is 0.206. The molecule has 1 saturated heterocycles.